The third-order valence-electron chi connectivity index (χ3n) is 5.29. The monoisotopic (exact) mass is 421 g/mol. The highest BCUT2D eigenvalue weighted by molar-refractivity contribution is 5.72. The third-order valence-corrected chi connectivity index (χ3v) is 5.29. The van der Waals surface area contributed by atoms with E-state index in [4.69, 9.17) is 14.0 Å². The van der Waals surface area contributed by atoms with Crippen LogP contribution in [0.1, 0.15) is 44.1 Å². The molecule has 0 saturated heterocycles. The van der Waals surface area contributed by atoms with Gasteiger partial charge in [-0.2, -0.15) is 4.98 Å². The number of hydrogen-bond acceptors (Lipinski definition) is 8. The first-order chi connectivity index (χ1) is 15.1. The maximum Gasteiger partial charge on any atom is 0.229 e. The summed E-state index contributed by atoms with van der Waals surface area (Å²) in [7, 11) is 1.65. The highest BCUT2D eigenvalue weighted by atomic mass is 16.5. The average molecular weight is 421 g/mol. The average Bonchev–Trinajstić information content (AvgIpc) is 3.49. The first-order valence-corrected chi connectivity index (χ1v) is 10.2. The molecule has 0 N–H and O–H groups in total. The molecule has 10 heteroatoms. The van der Waals surface area contributed by atoms with Crippen LogP contribution in [0.5, 0.6) is 5.75 Å². The summed E-state index contributed by atoms with van der Waals surface area (Å²) in [6.07, 6.45) is 1.78. The van der Waals surface area contributed by atoms with E-state index in [0.717, 1.165) is 34.3 Å². The van der Waals surface area contributed by atoms with E-state index in [2.05, 4.69) is 25.3 Å². The minimum Gasteiger partial charge on any atom is -0.497 e. The topological polar surface area (TPSA) is 106 Å². The molecular formula is C21H23N7O3. The van der Waals surface area contributed by atoms with Crippen molar-refractivity contribution in [3.63, 3.8) is 0 Å². The predicted octanol–water partition coefficient (Wildman–Crippen LogP) is 3.21. The number of hydrogen-bond donors (Lipinski definition) is 0. The molecule has 3 aromatic heterocycles. The summed E-state index contributed by atoms with van der Waals surface area (Å²) >= 11 is 0. The maximum atomic E-state index is 5.62. The summed E-state index contributed by atoms with van der Waals surface area (Å²) in [5.41, 5.74) is 3.41. The number of aromatic nitrogens is 7. The fourth-order valence-corrected chi connectivity index (χ4v) is 3.67. The van der Waals surface area contributed by atoms with Crippen molar-refractivity contribution in [2.45, 2.75) is 39.8 Å². The Labute approximate surface area is 178 Å². The van der Waals surface area contributed by atoms with E-state index in [-0.39, 0.29) is 5.92 Å². The Morgan fingerprint density at radius 1 is 1.23 bits per heavy atom. The van der Waals surface area contributed by atoms with E-state index >= 15 is 0 Å². The maximum absolute atomic E-state index is 5.62. The second-order valence-electron chi connectivity index (χ2n) is 7.57. The summed E-state index contributed by atoms with van der Waals surface area (Å²) in [5, 5.41) is 13.0. The molecule has 0 atom stereocenters. The van der Waals surface area contributed by atoms with E-state index in [0.29, 0.717) is 37.2 Å². The summed E-state index contributed by atoms with van der Waals surface area (Å²) in [4.78, 5) is 9.19. The van der Waals surface area contributed by atoms with Crippen LogP contribution >= 0.6 is 0 Å². The highest BCUT2D eigenvalue weighted by Gasteiger charge is 2.28. The molecule has 31 heavy (non-hydrogen) atoms. The minimum atomic E-state index is 0.137. The van der Waals surface area contributed by atoms with Gasteiger partial charge in [0.2, 0.25) is 11.7 Å². The summed E-state index contributed by atoms with van der Waals surface area (Å²) < 4.78 is 20.6. The zero-order valence-corrected chi connectivity index (χ0v) is 17.9. The molecule has 0 spiro atoms. The van der Waals surface area contributed by atoms with Crippen molar-refractivity contribution in [1.29, 1.82) is 0 Å². The minimum absolute atomic E-state index is 0.137. The van der Waals surface area contributed by atoms with Crippen molar-refractivity contribution in [2.24, 2.45) is 0 Å². The normalized spacial score (nSPS) is 12.4. The number of fused-ring (bicyclic) bond motifs is 5. The van der Waals surface area contributed by atoms with Crippen LogP contribution in [0.25, 0.3) is 28.6 Å². The lowest BCUT2D eigenvalue weighted by atomic mass is 10.1. The lowest BCUT2D eigenvalue weighted by Gasteiger charge is -2.10. The number of methoxy groups -OCH3 is 1. The van der Waals surface area contributed by atoms with Crippen LogP contribution in [-0.2, 0) is 17.9 Å². The molecular weight excluding hydrogens is 398 g/mol. The number of ether oxygens (including phenoxy) is 2. The SMILES string of the molecule is CCOCc1nnc2n1Cc1c(-c3noc(C(C)C)n3)ncn1-c1ccc(OC)cc1-2. The lowest BCUT2D eigenvalue weighted by molar-refractivity contribution is 0.125. The summed E-state index contributed by atoms with van der Waals surface area (Å²) in [5.74, 6) is 3.41. The Hall–Kier alpha value is -3.53. The van der Waals surface area contributed by atoms with E-state index in [1.807, 2.05) is 48.1 Å². The zero-order valence-electron chi connectivity index (χ0n) is 17.9. The van der Waals surface area contributed by atoms with Gasteiger partial charge in [-0.1, -0.05) is 19.0 Å². The van der Waals surface area contributed by atoms with Crippen LogP contribution in [0.4, 0.5) is 0 Å². The molecule has 4 aromatic rings. The molecule has 1 aliphatic heterocycles. The van der Waals surface area contributed by atoms with Crippen molar-refractivity contribution < 1.29 is 14.0 Å². The van der Waals surface area contributed by atoms with Gasteiger partial charge in [-0.05, 0) is 25.1 Å². The van der Waals surface area contributed by atoms with Gasteiger partial charge in [-0.25, -0.2) is 4.98 Å². The Morgan fingerprint density at radius 3 is 2.84 bits per heavy atom. The number of imidazole rings is 1. The molecule has 0 unspecified atom stereocenters. The van der Waals surface area contributed by atoms with Crippen LogP contribution in [0.15, 0.2) is 29.0 Å². The Balaban J connectivity index is 1.71. The van der Waals surface area contributed by atoms with Crippen LogP contribution in [0, 0.1) is 0 Å². The molecule has 5 rings (SSSR count). The highest BCUT2D eigenvalue weighted by Crippen LogP contribution is 2.36. The van der Waals surface area contributed by atoms with E-state index in [1.54, 1.807) is 13.4 Å². The van der Waals surface area contributed by atoms with Gasteiger partial charge in [0.05, 0.1) is 25.0 Å². The lowest BCUT2D eigenvalue weighted by Crippen LogP contribution is -2.09. The molecule has 1 aromatic carbocycles. The standard InChI is InChI=1S/C21H23N7O3/c1-5-30-10-17-24-25-20-14-8-13(29-4)6-7-15(14)28-11-22-18(16(28)9-27(17)20)19-23-21(12(2)3)31-26-19/h6-8,11-12H,5,9-10H2,1-4H3. The van der Waals surface area contributed by atoms with Crippen molar-refractivity contribution in [3.05, 3.63) is 41.9 Å². The second-order valence-corrected chi connectivity index (χ2v) is 7.57. The summed E-state index contributed by atoms with van der Waals surface area (Å²) in [6, 6.07) is 5.87. The van der Waals surface area contributed by atoms with Gasteiger partial charge in [0, 0.05) is 18.1 Å². The third kappa shape index (κ3) is 3.19. The molecule has 0 radical (unpaired) electrons. The van der Waals surface area contributed by atoms with Gasteiger partial charge in [0.15, 0.2) is 11.6 Å². The Kier molecular flexibility index (Phi) is 4.78. The van der Waals surface area contributed by atoms with Gasteiger partial charge in [-0.15, -0.1) is 10.2 Å². The van der Waals surface area contributed by atoms with Crippen LogP contribution in [-0.4, -0.2) is 48.2 Å². The molecule has 0 bridgehead atoms. The fourth-order valence-electron chi connectivity index (χ4n) is 3.67. The van der Waals surface area contributed by atoms with E-state index < -0.39 is 0 Å². The quantitative estimate of drug-likeness (QED) is 0.411. The van der Waals surface area contributed by atoms with Gasteiger partial charge < -0.3 is 18.6 Å². The predicted molar refractivity (Wildman–Crippen MR) is 111 cm³/mol. The van der Waals surface area contributed by atoms with Gasteiger partial charge >= 0.3 is 0 Å². The summed E-state index contributed by atoms with van der Waals surface area (Å²) in [6.45, 7) is 7.43. The van der Waals surface area contributed by atoms with Crippen molar-refractivity contribution in [1.82, 2.24) is 34.5 Å². The molecule has 0 amide bonds. The van der Waals surface area contributed by atoms with Gasteiger partial charge in [-0.3, -0.25) is 4.57 Å². The van der Waals surface area contributed by atoms with Crippen LogP contribution < -0.4 is 4.74 Å². The molecule has 0 fully saturated rings. The fraction of sp³-hybridized carbons (Fsp3) is 0.381. The van der Waals surface area contributed by atoms with E-state index in [9.17, 15) is 0 Å². The number of rotatable bonds is 6. The molecule has 4 heterocycles. The second kappa shape index (κ2) is 7.62. The largest absolute Gasteiger partial charge is 0.497 e. The smallest absolute Gasteiger partial charge is 0.229 e. The number of benzene rings is 1. The van der Waals surface area contributed by atoms with E-state index in [1.165, 1.54) is 0 Å². The van der Waals surface area contributed by atoms with Crippen molar-refractivity contribution in [2.75, 3.05) is 13.7 Å². The van der Waals surface area contributed by atoms with Crippen LogP contribution in [0.3, 0.4) is 0 Å². The Morgan fingerprint density at radius 2 is 2.10 bits per heavy atom. The van der Waals surface area contributed by atoms with Gasteiger partial charge in [0.25, 0.3) is 0 Å². The molecule has 1 aliphatic rings. The molecule has 0 aliphatic carbocycles. The van der Waals surface area contributed by atoms with Crippen molar-refractivity contribution >= 4 is 0 Å². The first kappa shape index (κ1) is 19.4. The Bertz CT molecular complexity index is 1240. The molecule has 10 nitrogen and oxygen atoms in total. The molecule has 0 saturated carbocycles. The molecule has 160 valence electrons. The zero-order chi connectivity index (χ0) is 21.5. The first-order valence-electron chi connectivity index (χ1n) is 10.2. The van der Waals surface area contributed by atoms with Crippen LogP contribution in [0.2, 0.25) is 0 Å². The number of nitrogens with zero attached hydrogens (tertiary/aromatic N) is 7. The van der Waals surface area contributed by atoms with Gasteiger partial charge in [0.1, 0.15) is 24.4 Å². The van der Waals surface area contributed by atoms with Crippen molar-refractivity contribution in [3.8, 4) is 34.3 Å².